The van der Waals surface area contributed by atoms with E-state index in [-0.39, 0.29) is 12.5 Å². The van der Waals surface area contributed by atoms with Crippen LogP contribution in [0.2, 0.25) is 0 Å². The number of carbonyl (C=O) groups excluding carboxylic acids is 1. The molecule has 0 radical (unpaired) electrons. The summed E-state index contributed by atoms with van der Waals surface area (Å²) in [5.74, 6) is -1.08. The van der Waals surface area contributed by atoms with Crippen molar-refractivity contribution >= 4 is 11.9 Å². The molecule has 0 fully saturated rings. The number of carbonyl (C=O) groups is 2. The second kappa shape index (κ2) is 6.34. The number of rotatable bonds is 5. The Labute approximate surface area is 117 Å². The lowest BCUT2D eigenvalue weighted by molar-refractivity contribution is -0.144. The molecule has 0 aliphatic carbocycles. The van der Waals surface area contributed by atoms with Gasteiger partial charge in [-0.1, -0.05) is 30.3 Å². The lowest BCUT2D eigenvalue weighted by Gasteiger charge is -2.33. The molecular weight excluding hydrogens is 256 g/mol. The molecule has 5 nitrogen and oxygen atoms in total. The van der Waals surface area contributed by atoms with Crippen LogP contribution in [0.25, 0.3) is 0 Å². The van der Waals surface area contributed by atoms with Crippen molar-refractivity contribution in [3.8, 4) is 0 Å². The van der Waals surface area contributed by atoms with Crippen molar-refractivity contribution in [3.63, 3.8) is 0 Å². The summed E-state index contributed by atoms with van der Waals surface area (Å²) >= 11 is 0. The second-order valence-electron chi connectivity index (χ2n) is 4.82. The van der Waals surface area contributed by atoms with Crippen LogP contribution < -0.4 is 5.32 Å². The number of hydrogen-bond donors (Lipinski definition) is 2. The minimum atomic E-state index is -0.893. The Hall–Kier alpha value is -2.14. The zero-order chi connectivity index (χ0) is 14.5. The van der Waals surface area contributed by atoms with Crippen LogP contribution in [-0.2, 0) is 22.6 Å². The molecule has 1 heterocycles. The Kier molecular flexibility index (Phi) is 4.53. The molecule has 1 aliphatic rings. The van der Waals surface area contributed by atoms with E-state index >= 15 is 0 Å². The number of carboxylic acids is 1. The molecule has 0 unspecified atom stereocenters. The monoisotopic (exact) mass is 274 g/mol. The standard InChI is InChI=1S/C15H18N2O3/c1-2-7-16-14(18)10-17-9-12-6-4-3-5-11(12)8-13(17)15(19)20/h2-6,13H,1,7-10H2,(H,16,18)(H,19,20)/t13-/m0/s1. The minimum Gasteiger partial charge on any atom is -0.480 e. The van der Waals surface area contributed by atoms with E-state index in [2.05, 4.69) is 11.9 Å². The van der Waals surface area contributed by atoms with E-state index in [0.717, 1.165) is 11.1 Å². The number of aliphatic carboxylic acids is 1. The Morgan fingerprint density at radius 3 is 2.75 bits per heavy atom. The van der Waals surface area contributed by atoms with Crippen LogP contribution in [0, 0.1) is 0 Å². The normalized spacial score (nSPS) is 18.1. The van der Waals surface area contributed by atoms with Gasteiger partial charge in [0.1, 0.15) is 6.04 Å². The first kappa shape index (κ1) is 14.3. The summed E-state index contributed by atoms with van der Waals surface area (Å²) in [7, 11) is 0. The molecule has 0 spiro atoms. The van der Waals surface area contributed by atoms with Gasteiger partial charge in [0, 0.05) is 13.1 Å². The third kappa shape index (κ3) is 3.24. The largest absolute Gasteiger partial charge is 0.480 e. The van der Waals surface area contributed by atoms with E-state index in [1.807, 2.05) is 24.3 Å². The second-order valence-corrected chi connectivity index (χ2v) is 4.82. The summed E-state index contributed by atoms with van der Waals surface area (Å²) in [6.45, 7) is 4.48. The van der Waals surface area contributed by atoms with Crippen molar-refractivity contribution in [3.05, 3.63) is 48.0 Å². The molecule has 20 heavy (non-hydrogen) atoms. The van der Waals surface area contributed by atoms with Gasteiger partial charge in [-0.3, -0.25) is 14.5 Å². The highest BCUT2D eigenvalue weighted by Crippen LogP contribution is 2.23. The molecule has 106 valence electrons. The first-order valence-electron chi connectivity index (χ1n) is 6.53. The highest BCUT2D eigenvalue weighted by Gasteiger charge is 2.32. The maximum Gasteiger partial charge on any atom is 0.321 e. The number of nitrogens with zero attached hydrogens (tertiary/aromatic N) is 1. The van der Waals surface area contributed by atoms with Crippen LogP contribution in [0.1, 0.15) is 11.1 Å². The van der Waals surface area contributed by atoms with E-state index < -0.39 is 12.0 Å². The molecule has 0 saturated carbocycles. The summed E-state index contributed by atoms with van der Waals surface area (Å²) in [6.07, 6.45) is 2.03. The molecule has 1 aliphatic heterocycles. The fraction of sp³-hybridized carbons (Fsp3) is 0.333. The van der Waals surface area contributed by atoms with E-state index in [1.54, 1.807) is 11.0 Å². The fourth-order valence-corrected chi connectivity index (χ4v) is 2.41. The minimum absolute atomic E-state index is 0.0825. The van der Waals surface area contributed by atoms with Gasteiger partial charge >= 0.3 is 5.97 Å². The summed E-state index contributed by atoms with van der Waals surface area (Å²) in [5.41, 5.74) is 2.13. The summed E-state index contributed by atoms with van der Waals surface area (Å²) in [4.78, 5) is 24.8. The number of fused-ring (bicyclic) bond motifs is 1. The Morgan fingerprint density at radius 1 is 1.40 bits per heavy atom. The predicted octanol–water partition coefficient (Wildman–Crippen LogP) is 0.800. The van der Waals surface area contributed by atoms with Gasteiger partial charge in [0.25, 0.3) is 0 Å². The Balaban J connectivity index is 2.12. The first-order chi connectivity index (χ1) is 9.61. The summed E-state index contributed by atoms with van der Waals surface area (Å²) in [6, 6.07) is 7.10. The number of carboxylic acid groups (broad SMARTS) is 1. The van der Waals surface area contributed by atoms with Crippen molar-refractivity contribution in [2.24, 2.45) is 0 Å². The Morgan fingerprint density at radius 2 is 2.10 bits per heavy atom. The van der Waals surface area contributed by atoms with Gasteiger partial charge in [0.2, 0.25) is 5.91 Å². The van der Waals surface area contributed by atoms with Crippen molar-refractivity contribution in [2.75, 3.05) is 13.1 Å². The van der Waals surface area contributed by atoms with Crippen molar-refractivity contribution in [1.29, 1.82) is 0 Å². The number of nitrogens with one attached hydrogen (secondary N) is 1. The van der Waals surface area contributed by atoms with Crippen LogP contribution in [0.4, 0.5) is 0 Å². The maximum absolute atomic E-state index is 11.8. The predicted molar refractivity (Wildman–Crippen MR) is 75.2 cm³/mol. The van der Waals surface area contributed by atoms with Gasteiger partial charge in [0.05, 0.1) is 6.54 Å². The van der Waals surface area contributed by atoms with Crippen molar-refractivity contribution in [2.45, 2.75) is 19.0 Å². The molecule has 2 rings (SSSR count). The molecule has 1 atom stereocenters. The first-order valence-corrected chi connectivity index (χ1v) is 6.53. The fourth-order valence-electron chi connectivity index (χ4n) is 2.41. The maximum atomic E-state index is 11.8. The van der Waals surface area contributed by atoms with Gasteiger partial charge < -0.3 is 10.4 Å². The lowest BCUT2D eigenvalue weighted by atomic mass is 9.94. The van der Waals surface area contributed by atoms with Gasteiger partial charge in [0.15, 0.2) is 0 Å². The molecule has 0 bridgehead atoms. The van der Waals surface area contributed by atoms with Gasteiger partial charge in [-0.25, -0.2) is 0 Å². The third-order valence-corrected chi connectivity index (χ3v) is 3.42. The average Bonchev–Trinajstić information content (AvgIpc) is 2.44. The molecule has 1 aromatic rings. The van der Waals surface area contributed by atoms with Crippen LogP contribution in [0.3, 0.4) is 0 Å². The molecule has 1 aromatic carbocycles. The van der Waals surface area contributed by atoms with E-state index in [1.165, 1.54) is 0 Å². The third-order valence-electron chi connectivity index (χ3n) is 3.42. The average molecular weight is 274 g/mol. The van der Waals surface area contributed by atoms with Crippen molar-refractivity contribution in [1.82, 2.24) is 10.2 Å². The molecule has 0 aromatic heterocycles. The van der Waals surface area contributed by atoms with E-state index in [4.69, 9.17) is 0 Å². The zero-order valence-electron chi connectivity index (χ0n) is 11.2. The smallest absolute Gasteiger partial charge is 0.321 e. The topological polar surface area (TPSA) is 69.6 Å². The zero-order valence-corrected chi connectivity index (χ0v) is 11.2. The quantitative estimate of drug-likeness (QED) is 0.779. The number of benzene rings is 1. The van der Waals surface area contributed by atoms with Gasteiger partial charge in [-0.2, -0.15) is 0 Å². The SMILES string of the molecule is C=CCNC(=O)CN1Cc2ccccc2C[C@H]1C(=O)O. The number of hydrogen-bond acceptors (Lipinski definition) is 3. The Bertz CT molecular complexity index is 528. The lowest BCUT2D eigenvalue weighted by Crippen LogP contribution is -2.49. The summed E-state index contributed by atoms with van der Waals surface area (Å²) < 4.78 is 0. The summed E-state index contributed by atoms with van der Waals surface area (Å²) in [5, 5.41) is 12.0. The molecular formula is C15H18N2O3. The highest BCUT2D eigenvalue weighted by atomic mass is 16.4. The molecule has 0 saturated heterocycles. The van der Waals surface area contributed by atoms with Gasteiger partial charge in [-0.15, -0.1) is 6.58 Å². The van der Waals surface area contributed by atoms with Crippen molar-refractivity contribution < 1.29 is 14.7 Å². The van der Waals surface area contributed by atoms with Crippen LogP contribution in [0.5, 0.6) is 0 Å². The van der Waals surface area contributed by atoms with Crippen LogP contribution in [0.15, 0.2) is 36.9 Å². The van der Waals surface area contributed by atoms with E-state index in [9.17, 15) is 14.7 Å². The van der Waals surface area contributed by atoms with Crippen LogP contribution >= 0.6 is 0 Å². The van der Waals surface area contributed by atoms with Crippen LogP contribution in [-0.4, -0.2) is 41.0 Å². The highest BCUT2D eigenvalue weighted by molar-refractivity contribution is 5.80. The number of amides is 1. The molecule has 2 N–H and O–H groups in total. The van der Waals surface area contributed by atoms with Gasteiger partial charge in [-0.05, 0) is 17.5 Å². The molecule has 5 heteroatoms. The molecule has 1 amide bonds. The van der Waals surface area contributed by atoms with E-state index in [0.29, 0.717) is 19.5 Å².